The molecule has 1 saturated heterocycles. The van der Waals surface area contributed by atoms with E-state index in [1.807, 2.05) is 4.90 Å². The van der Waals surface area contributed by atoms with Crippen LogP contribution in [0.1, 0.15) is 12.0 Å². The molecule has 0 radical (unpaired) electrons. The molecule has 0 bridgehead atoms. The highest BCUT2D eigenvalue weighted by atomic mass is 32.2. The lowest BCUT2D eigenvalue weighted by Gasteiger charge is -2.36. The number of carbonyl (C=O) groups is 1. The van der Waals surface area contributed by atoms with Crippen LogP contribution < -0.4 is 4.90 Å². The molecule has 25 heavy (non-hydrogen) atoms. The van der Waals surface area contributed by atoms with Gasteiger partial charge in [-0.3, -0.25) is 4.79 Å². The maximum atomic E-state index is 12.9. The lowest BCUT2D eigenvalue weighted by Crippen LogP contribution is -2.48. The third kappa shape index (κ3) is 4.98. The van der Waals surface area contributed by atoms with E-state index in [1.165, 1.54) is 23.4 Å². The molecule has 0 aliphatic carbocycles. The van der Waals surface area contributed by atoms with Crippen molar-refractivity contribution in [1.29, 1.82) is 0 Å². The van der Waals surface area contributed by atoms with Crippen LogP contribution in [0, 0.1) is 12.7 Å². The minimum atomic E-state index is -0.230. The summed E-state index contributed by atoms with van der Waals surface area (Å²) in [5.74, 6) is 0.702. The van der Waals surface area contributed by atoms with Gasteiger partial charge < -0.3 is 9.80 Å². The van der Waals surface area contributed by atoms with Crippen molar-refractivity contribution in [1.82, 2.24) is 4.90 Å². The van der Waals surface area contributed by atoms with Gasteiger partial charge in [0.25, 0.3) is 0 Å². The molecule has 0 atom stereocenters. The monoisotopic (exact) mass is 358 g/mol. The Morgan fingerprint density at radius 3 is 2.48 bits per heavy atom. The zero-order valence-corrected chi connectivity index (χ0v) is 15.3. The molecule has 3 rings (SSSR count). The number of hydrogen-bond donors (Lipinski definition) is 0. The number of rotatable bonds is 5. The second kappa shape index (κ2) is 8.39. The average Bonchev–Trinajstić information content (AvgIpc) is 2.63. The van der Waals surface area contributed by atoms with Gasteiger partial charge >= 0.3 is 0 Å². The summed E-state index contributed by atoms with van der Waals surface area (Å²) in [7, 11) is 0. The average molecular weight is 358 g/mol. The SMILES string of the molecule is Cc1cccc(N2CCN(C(=O)CCSc3ccc(F)cc3)CC2)c1. The summed E-state index contributed by atoms with van der Waals surface area (Å²) in [5, 5.41) is 0. The lowest BCUT2D eigenvalue weighted by molar-refractivity contribution is -0.131. The van der Waals surface area contributed by atoms with Crippen LogP contribution in [0.2, 0.25) is 0 Å². The van der Waals surface area contributed by atoms with Gasteiger partial charge in [-0.1, -0.05) is 12.1 Å². The van der Waals surface area contributed by atoms with Gasteiger partial charge in [0.15, 0.2) is 0 Å². The molecule has 0 N–H and O–H groups in total. The quantitative estimate of drug-likeness (QED) is 0.756. The van der Waals surface area contributed by atoms with Crippen molar-refractivity contribution in [2.45, 2.75) is 18.2 Å². The number of thioether (sulfide) groups is 1. The molecule has 2 aromatic carbocycles. The summed E-state index contributed by atoms with van der Waals surface area (Å²) in [4.78, 5) is 17.7. The Morgan fingerprint density at radius 2 is 1.80 bits per heavy atom. The van der Waals surface area contributed by atoms with E-state index in [-0.39, 0.29) is 11.7 Å². The Hall–Kier alpha value is -2.01. The predicted molar refractivity (Wildman–Crippen MR) is 102 cm³/mol. The number of anilines is 1. The molecular weight excluding hydrogens is 335 g/mol. The Balaban J connectivity index is 1.43. The van der Waals surface area contributed by atoms with Crippen molar-refractivity contribution < 1.29 is 9.18 Å². The van der Waals surface area contributed by atoms with Gasteiger partial charge in [0.05, 0.1) is 0 Å². The van der Waals surface area contributed by atoms with Gasteiger partial charge in [-0.05, 0) is 48.9 Å². The molecule has 0 spiro atoms. The van der Waals surface area contributed by atoms with Crippen LogP contribution in [0.5, 0.6) is 0 Å². The molecule has 5 heteroatoms. The Bertz CT molecular complexity index is 712. The Morgan fingerprint density at radius 1 is 1.08 bits per heavy atom. The van der Waals surface area contributed by atoms with E-state index < -0.39 is 0 Å². The van der Waals surface area contributed by atoms with E-state index in [0.717, 1.165) is 36.8 Å². The van der Waals surface area contributed by atoms with Gasteiger partial charge in [0.2, 0.25) is 5.91 Å². The van der Waals surface area contributed by atoms with Gasteiger partial charge in [0.1, 0.15) is 5.82 Å². The van der Waals surface area contributed by atoms with Crippen LogP contribution in [0.4, 0.5) is 10.1 Å². The highest BCUT2D eigenvalue weighted by molar-refractivity contribution is 7.99. The second-order valence-electron chi connectivity index (χ2n) is 6.26. The third-order valence-electron chi connectivity index (χ3n) is 4.40. The molecule has 1 fully saturated rings. The van der Waals surface area contributed by atoms with Crippen molar-refractivity contribution in [3.8, 4) is 0 Å². The smallest absolute Gasteiger partial charge is 0.223 e. The summed E-state index contributed by atoms with van der Waals surface area (Å²) in [5.41, 5.74) is 2.49. The predicted octanol–water partition coefficient (Wildman–Crippen LogP) is 3.97. The van der Waals surface area contributed by atoms with Gasteiger partial charge in [-0.25, -0.2) is 4.39 Å². The first-order valence-electron chi connectivity index (χ1n) is 8.59. The van der Waals surface area contributed by atoms with Crippen molar-refractivity contribution in [3.63, 3.8) is 0 Å². The van der Waals surface area contributed by atoms with Crippen LogP contribution in [0.25, 0.3) is 0 Å². The fourth-order valence-corrected chi connectivity index (χ4v) is 3.82. The Labute approximate surface area is 152 Å². The van der Waals surface area contributed by atoms with Crippen molar-refractivity contribution in [2.24, 2.45) is 0 Å². The molecule has 132 valence electrons. The van der Waals surface area contributed by atoms with Crippen LogP contribution >= 0.6 is 11.8 Å². The number of halogens is 1. The third-order valence-corrected chi connectivity index (χ3v) is 5.41. The topological polar surface area (TPSA) is 23.6 Å². The second-order valence-corrected chi connectivity index (χ2v) is 7.43. The van der Waals surface area contributed by atoms with Crippen molar-refractivity contribution >= 4 is 23.4 Å². The van der Waals surface area contributed by atoms with E-state index in [4.69, 9.17) is 0 Å². The van der Waals surface area contributed by atoms with Crippen LogP contribution in [-0.2, 0) is 4.79 Å². The minimum Gasteiger partial charge on any atom is -0.368 e. The number of aryl methyl sites for hydroxylation is 1. The van der Waals surface area contributed by atoms with Gasteiger partial charge in [0, 0.05) is 48.9 Å². The zero-order valence-electron chi connectivity index (χ0n) is 14.5. The van der Waals surface area contributed by atoms with Crippen LogP contribution in [0.3, 0.4) is 0 Å². The lowest BCUT2D eigenvalue weighted by atomic mass is 10.2. The highest BCUT2D eigenvalue weighted by Crippen LogP contribution is 2.21. The van der Waals surface area contributed by atoms with Crippen LogP contribution in [-0.4, -0.2) is 42.7 Å². The fraction of sp³-hybridized carbons (Fsp3) is 0.350. The molecule has 3 nitrogen and oxygen atoms in total. The summed E-state index contributed by atoms with van der Waals surface area (Å²) in [6.07, 6.45) is 0.520. The molecule has 1 aliphatic rings. The van der Waals surface area contributed by atoms with Gasteiger partial charge in [-0.15, -0.1) is 11.8 Å². The number of nitrogens with zero attached hydrogens (tertiary/aromatic N) is 2. The summed E-state index contributed by atoms with van der Waals surface area (Å²) >= 11 is 1.60. The number of benzene rings is 2. The first-order chi connectivity index (χ1) is 12.1. The van der Waals surface area contributed by atoms with Gasteiger partial charge in [-0.2, -0.15) is 0 Å². The largest absolute Gasteiger partial charge is 0.368 e. The van der Waals surface area contributed by atoms with Crippen molar-refractivity contribution in [2.75, 3.05) is 36.8 Å². The zero-order chi connectivity index (χ0) is 17.6. The minimum absolute atomic E-state index is 0.207. The molecule has 1 amide bonds. The summed E-state index contributed by atoms with van der Waals surface area (Å²) in [6.45, 7) is 5.39. The van der Waals surface area contributed by atoms with E-state index in [9.17, 15) is 9.18 Å². The highest BCUT2D eigenvalue weighted by Gasteiger charge is 2.21. The number of carbonyl (C=O) groups excluding carboxylic acids is 1. The molecule has 1 heterocycles. The van der Waals surface area contributed by atoms with Crippen molar-refractivity contribution in [3.05, 3.63) is 59.9 Å². The number of piperazine rings is 1. The molecule has 0 saturated carbocycles. The molecular formula is C20H23FN2OS. The molecule has 0 aromatic heterocycles. The number of amides is 1. The first kappa shape index (κ1) is 17.8. The summed E-state index contributed by atoms with van der Waals surface area (Å²) < 4.78 is 12.9. The maximum Gasteiger partial charge on any atom is 0.223 e. The van der Waals surface area contributed by atoms with E-state index in [1.54, 1.807) is 23.9 Å². The Kier molecular flexibility index (Phi) is 5.97. The van der Waals surface area contributed by atoms with E-state index in [2.05, 4.69) is 36.1 Å². The van der Waals surface area contributed by atoms with Crippen LogP contribution in [0.15, 0.2) is 53.4 Å². The summed E-state index contributed by atoms with van der Waals surface area (Å²) in [6, 6.07) is 14.9. The number of hydrogen-bond acceptors (Lipinski definition) is 3. The van der Waals surface area contributed by atoms with E-state index in [0.29, 0.717) is 6.42 Å². The van der Waals surface area contributed by atoms with E-state index >= 15 is 0 Å². The first-order valence-corrected chi connectivity index (χ1v) is 9.58. The normalized spacial score (nSPS) is 14.6. The molecule has 0 unspecified atom stereocenters. The maximum absolute atomic E-state index is 12.9. The molecule has 2 aromatic rings. The standard InChI is InChI=1S/C20H23FN2OS/c1-16-3-2-4-18(15-16)22-10-12-23(13-11-22)20(24)9-14-25-19-7-5-17(21)6-8-19/h2-8,15H,9-14H2,1H3. The molecule has 1 aliphatic heterocycles. The fourth-order valence-electron chi connectivity index (χ4n) is 2.98.